The first-order valence-electron chi connectivity index (χ1n) is 10.2. The van der Waals surface area contributed by atoms with Crippen LogP contribution >= 0.6 is 0 Å². The van der Waals surface area contributed by atoms with Crippen molar-refractivity contribution in [3.63, 3.8) is 0 Å². The number of carbonyl (C=O) groups is 3. The summed E-state index contributed by atoms with van der Waals surface area (Å²) in [4.78, 5) is 40.9. The van der Waals surface area contributed by atoms with Gasteiger partial charge in [-0.1, -0.05) is 12.1 Å². The maximum Gasteiger partial charge on any atom is 0.242 e. The van der Waals surface area contributed by atoms with Crippen molar-refractivity contribution >= 4 is 27.4 Å². The third-order valence-corrected chi connectivity index (χ3v) is 8.21. The molecule has 30 heavy (non-hydrogen) atoms. The highest BCUT2D eigenvalue weighted by atomic mass is 32.2. The number of hydrogen-bond donors (Lipinski definition) is 0. The molecule has 0 aliphatic carbocycles. The molecule has 162 valence electrons. The Hall–Kier alpha value is -2.42. The fourth-order valence-corrected chi connectivity index (χ4v) is 6.30. The second-order valence-electron chi connectivity index (χ2n) is 8.51. The molecule has 2 fully saturated rings. The summed E-state index contributed by atoms with van der Waals surface area (Å²) >= 11 is 0. The van der Waals surface area contributed by atoms with E-state index in [2.05, 4.69) is 0 Å². The van der Waals surface area contributed by atoms with Crippen LogP contribution in [0.15, 0.2) is 24.3 Å². The molecule has 2 atom stereocenters. The predicted molar refractivity (Wildman–Crippen MR) is 109 cm³/mol. The van der Waals surface area contributed by atoms with Crippen molar-refractivity contribution in [3.8, 4) is 5.75 Å². The monoisotopic (exact) mass is 434 g/mol. The lowest BCUT2D eigenvalue weighted by Crippen LogP contribution is -2.46. The summed E-state index contributed by atoms with van der Waals surface area (Å²) < 4.78 is 29.6. The van der Waals surface area contributed by atoms with E-state index in [1.165, 1.54) is 9.80 Å². The molecule has 0 aromatic heterocycles. The van der Waals surface area contributed by atoms with E-state index >= 15 is 0 Å². The number of rotatable bonds is 3. The SMILES string of the molecule is CN(C(=O)CN1CC[C@@]2(CCC1=O)CC(=O)c1ccccc1O2)[C@@H]1CCS(=O)(=O)C1. The van der Waals surface area contributed by atoms with E-state index in [9.17, 15) is 22.8 Å². The van der Waals surface area contributed by atoms with Gasteiger partial charge in [-0.2, -0.15) is 0 Å². The molecule has 3 aliphatic heterocycles. The number of carbonyl (C=O) groups excluding carboxylic acids is 3. The van der Waals surface area contributed by atoms with Crippen LogP contribution in [0.2, 0.25) is 0 Å². The first-order chi connectivity index (χ1) is 14.2. The van der Waals surface area contributed by atoms with E-state index < -0.39 is 15.4 Å². The van der Waals surface area contributed by atoms with Crippen LogP contribution < -0.4 is 4.74 Å². The number of hydrogen-bond acceptors (Lipinski definition) is 6. The van der Waals surface area contributed by atoms with Gasteiger partial charge < -0.3 is 14.5 Å². The van der Waals surface area contributed by atoms with E-state index in [1.54, 1.807) is 25.2 Å². The Labute approximate surface area is 176 Å². The molecule has 0 unspecified atom stereocenters. The van der Waals surface area contributed by atoms with Crippen LogP contribution in [0.25, 0.3) is 0 Å². The van der Waals surface area contributed by atoms with Crippen molar-refractivity contribution in [1.82, 2.24) is 9.80 Å². The van der Waals surface area contributed by atoms with Gasteiger partial charge in [0.15, 0.2) is 15.6 Å². The first kappa shape index (κ1) is 20.8. The number of benzene rings is 1. The molecule has 9 heteroatoms. The highest BCUT2D eigenvalue weighted by molar-refractivity contribution is 7.91. The first-order valence-corrected chi connectivity index (χ1v) is 12.1. The van der Waals surface area contributed by atoms with E-state index in [-0.39, 0.29) is 54.5 Å². The minimum atomic E-state index is -3.09. The van der Waals surface area contributed by atoms with Crippen molar-refractivity contribution in [2.45, 2.75) is 43.7 Å². The molecule has 1 aromatic rings. The van der Waals surface area contributed by atoms with Gasteiger partial charge in [0.25, 0.3) is 0 Å². The van der Waals surface area contributed by atoms with Gasteiger partial charge >= 0.3 is 0 Å². The van der Waals surface area contributed by atoms with Gasteiger partial charge in [0.05, 0.1) is 30.0 Å². The summed E-state index contributed by atoms with van der Waals surface area (Å²) in [6.45, 7) is 0.226. The second kappa shape index (κ2) is 7.68. The minimum absolute atomic E-state index is 0.0102. The topological polar surface area (TPSA) is 101 Å². The Morgan fingerprint density at radius 2 is 2.03 bits per heavy atom. The van der Waals surface area contributed by atoms with Gasteiger partial charge in [0.1, 0.15) is 11.4 Å². The number of para-hydroxylation sites is 1. The zero-order valence-electron chi connectivity index (χ0n) is 17.0. The van der Waals surface area contributed by atoms with Crippen LogP contribution in [0.1, 0.15) is 42.5 Å². The fourth-order valence-electron chi connectivity index (χ4n) is 4.53. The molecule has 0 radical (unpaired) electrons. The van der Waals surface area contributed by atoms with Crippen LogP contribution in [-0.4, -0.2) is 79.1 Å². The lowest BCUT2D eigenvalue weighted by molar-refractivity contribution is -0.140. The Kier molecular flexibility index (Phi) is 5.34. The molecule has 0 saturated carbocycles. The minimum Gasteiger partial charge on any atom is -0.486 e. The maximum absolute atomic E-state index is 12.7. The molecule has 3 heterocycles. The molecule has 0 bridgehead atoms. The van der Waals surface area contributed by atoms with Crippen LogP contribution in [0.3, 0.4) is 0 Å². The Balaban J connectivity index is 1.42. The molecular formula is C21H26N2O6S. The highest BCUT2D eigenvalue weighted by Crippen LogP contribution is 2.39. The standard InChI is InChI=1S/C21H26N2O6S/c1-22(15-7-11-30(27,28)14-15)20(26)13-23-10-9-21(8-6-19(23)25)12-17(24)16-4-2-3-5-18(16)29-21/h2-5,15H,6-14H2,1H3/t15-,21+/m1/s1. The zero-order valence-corrected chi connectivity index (χ0v) is 17.8. The largest absolute Gasteiger partial charge is 0.486 e. The summed E-state index contributed by atoms with van der Waals surface area (Å²) in [7, 11) is -1.50. The number of amides is 2. The number of likely N-dealkylation sites (N-methyl/N-ethyl adjacent to an activating group) is 1. The molecule has 1 spiro atoms. The Bertz CT molecular complexity index is 991. The van der Waals surface area contributed by atoms with E-state index in [4.69, 9.17) is 4.74 Å². The Morgan fingerprint density at radius 3 is 2.77 bits per heavy atom. The zero-order chi connectivity index (χ0) is 21.5. The van der Waals surface area contributed by atoms with Gasteiger partial charge in [-0.25, -0.2) is 8.42 Å². The van der Waals surface area contributed by atoms with Crippen molar-refractivity contribution < 1.29 is 27.5 Å². The summed E-state index contributed by atoms with van der Waals surface area (Å²) in [5, 5.41) is 0. The number of sulfone groups is 1. The molecular weight excluding hydrogens is 408 g/mol. The van der Waals surface area contributed by atoms with E-state index in [0.29, 0.717) is 37.1 Å². The normalized spacial score (nSPS) is 28.0. The Morgan fingerprint density at radius 1 is 1.27 bits per heavy atom. The summed E-state index contributed by atoms with van der Waals surface area (Å²) in [6, 6.07) is 6.79. The molecule has 2 saturated heterocycles. The van der Waals surface area contributed by atoms with E-state index in [0.717, 1.165) is 0 Å². The van der Waals surface area contributed by atoms with Crippen molar-refractivity contribution in [2.24, 2.45) is 0 Å². The molecule has 3 aliphatic rings. The second-order valence-corrected chi connectivity index (χ2v) is 10.7. The number of ketones is 1. The average Bonchev–Trinajstić information content (AvgIpc) is 3.01. The number of ether oxygens (including phenoxy) is 1. The molecule has 1 aromatic carbocycles. The smallest absolute Gasteiger partial charge is 0.242 e. The van der Waals surface area contributed by atoms with Crippen LogP contribution in [0, 0.1) is 0 Å². The number of nitrogens with zero attached hydrogens (tertiary/aromatic N) is 2. The third-order valence-electron chi connectivity index (χ3n) is 6.46. The third kappa shape index (κ3) is 4.08. The molecule has 0 N–H and O–H groups in total. The summed E-state index contributed by atoms with van der Waals surface area (Å²) in [5.41, 5.74) is -0.163. The molecule has 2 amide bonds. The van der Waals surface area contributed by atoms with Crippen molar-refractivity contribution in [2.75, 3.05) is 31.6 Å². The quantitative estimate of drug-likeness (QED) is 0.705. The number of Topliss-reactive ketones (excluding diaryl/α,β-unsaturated/α-hetero) is 1. The van der Waals surface area contributed by atoms with Gasteiger partial charge in [0.2, 0.25) is 11.8 Å². The van der Waals surface area contributed by atoms with Gasteiger partial charge in [-0.15, -0.1) is 0 Å². The van der Waals surface area contributed by atoms with Crippen LogP contribution in [0.4, 0.5) is 0 Å². The fraction of sp³-hybridized carbons (Fsp3) is 0.571. The summed E-state index contributed by atoms with van der Waals surface area (Å²) in [5.74, 6) is 0.202. The van der Waals surface area contributed by atoms with E-state index in [1.807, 2.05) is 6.07 Å². The van der Waals surface area contributed by atoms with Crippen molar-refractivity contribution in [1.29, 1.82) is 0 Å². The number of fused-ring (bicyclic) bond motifs is 1. The van der Waals surface area contributed by atoms with Gasteiger partial charge in [-0.3, -0.25) is 14.4 Å². The maximum atomic E-state index is 12.7. The summed E-state index contributed by atoms with van der Waals surface area (Å²) in [6.07, 6.45) is 1.74. The highest BCUT2D eigenvalue weighted by Gasteiger charge is 2.43. The van der Waals surface area contributed by atoms with Gasteiger partial charge in [-0.05, 0) is 25.0 Å². The average molecular weight is 435 g/mol. The number of likely N-dealkylation sites (tertiary alicyclic amines) is 1. The lowest BCUT2D eigenvalue weighted by atomic mass is 9.84. The lowest BCUT2D eigenvalue weighted by Gasteiger charge is -2.37. The van der Waals surface area contributed by atoms with Crippen LogP contribution in [0.5, 0.6) is 5.75 Å². The molecule has 8 nitrogen and oxygen atoms in total. The predicted octanol–water partition coefficient (Wildman–Crippen LogP) is 1.05. The van der Waals surface area contributed by atoms with Crippen LogP contribution in [-0.2, 0) is 19.4 Å². The van der Waals surface area contributed by atoms with Gasteiger partial charge in [0, 0.05) is 32.5 Å². The van der Waals surface area contributed by atoms with Crippen molar-refractivity contribution in [3.05, 3.63) is 29.8 Å². The molecule has 4 rings (SSSR count).